The standard InChI is InChI=1S/C25H23BrFN5O4.C20H22FN3O2.C5H2BrFN2O2/c1-4-31-14-16(12-29-31)9-17-5-8-23(35-3)30-24(17)20-7-6-19(27)11-21(20)15(2)36-22-10-18(26)13-28-25(22)32(33)34;1-4-24-12-14(11-22-24)9-15-5-8-19(26-3)23-20(15)17-7-6-16(21)10-18(17)13(2)25;6-3-1-4(7)5(8-2-3)9(10)11/h5-8,10-15H,4,9H2,1-3H3;5-8,10-13,25H,4,9H2,1-3H3;1-2H/t15-;13-;/m11./s1. The van der Waals surface area contributed by atoms with Gasteiger partial charge < -0.3 is 39.5 Å². The van der Waals surface area contributed by atoms with Gasteiger partial charge in [-0.25, -0.2) is 18.7 Å². The van der Waals surface area contributed by atoms with Gasteiger partial charge in [0.1, 0.15) is 17.7 Å². The van der Waals surface area contributed by atoms with Crippen LogP contribution in [0.2, 0.25) is 0 Å². The Balaban J connectivity index is 0.000000204. The zero-order valence-corrected chi connectivity index (χ0v) is 43.2. The number of aliphatic hydroxyl groups is 1. The lowest BCUT2D eigenvalue weighted by molar-refractivity contribution is -0.392. The molecule has 6 heterocycles. The summed E-state index contributed by atoms with van der Waals surface area (Å²) in [7, 11) is 3.07. The molecule has 0 aliphatic rings. The number of rotatable bonds is 16. The number of benzene rings is 2. The van der Waals surface area contributed by atoms with Crippen LogP contribution < -0.4 is 14.2 Å². The molecule has 23 heteroatoms. The van der Waals surface area contributed by atoms with Gasteiger partial charge in [-0.3, -0.25) is 9.36 Å². The van der Waals surface area contributed by atoms with Gasteiger partial charge in [-0.2, -0.15) is 14.6 Å². The van der Waals surface area contributed by atoms with E-state index in [1.54, 1.807) is 51.4 Å². The fourth-order valence-electron chi connectivity index (χ4n) is 7.31. The van der Waals surface area contributed by atoms with Gasteiger partial charge in [-0.05, 0) is 144 Å². The van der Waals surface area contributed by atoms with Crippen molar-refractivity contribution in [2.75, 3.05) is 14.2 Å². The Kier molecular flexibility index (Phi) is 18.8. The van der Waals surface area contributed by atoms with Gasteiger partial charge in [0.05, 0.1) is 53.1 Å². The third-order valence-electron chi connectivity index (χ3n) is 10.8. The Hall–Kier alpha value is -7.63. The zero-order valence-electron chi connectivity index (χ0n) is 40.0. The van der Waals surface area contributed by atoms with Gasteiger partial charge >= 0.3 is 11.6 Å². The molecule has 73 heavy (non-hydrogen) atoms. The van der Waals surface area contributed by atoms with Gasteiger partial charge in [-0.1, -0.05) is 12.1 Å². The van der Waals surface area contributed by atoms with E-state index in [2.05, 4.69) is 62.0 Å². The molecule has 0 fully saturated rings. The molecule has 2 atom stereocenters. The number of aliphatic hydroxyl groups excluding tert-OH is 1. The first-order chi connectivity index (χ1) is 34.9. The number of aromatic nitrogens is 8. The predicted octanol–water partition coefficient (Wildman–Crippen LogP) is 11.6. The fraction of sp³-hybridized carbons (Fsp3) is 0.240. The Morgan fingerprint density at radius 2 is 1.12 bits per heavy atom. The minimum Gasteiger partial charge on any atom is -0.481 e. The highest BCUT2D eigenvalue weighted by Crippen LogP contribution is 2.38. The van der Waals surface area contributed by atoms with Crippen LogP contribution >= 0.6 is 31.9 Å². The van der Waals surface area contributed by atoms with Crippen LogP contribution in [0.25, 0.3) is 22.5 Å². The molecule has 0 saturated carbocycles. The summed E-state index contributed by atoms with van der Waals surface area (Å²) in [6, 6.07) is 18.6. The molecule has 0 radical (unpaired) electrons. The molecular weight excluding hydrogens is 1090 g/mol. The van der Waals surface area contributed by atoms with Crippen LogP contribution in [0.4, 0.5) is 24.8 Å². The molecule has 2 aromatic carbocycles. The molecule has 8 aromatic rings. The van der Waals surface area contributed by atoms with Crippen LogP contribution in [0, 0.1) is 37.7 Å². The maximum atomic E-state index is 14.4. The largest absolute Gasteiger partial charge is 0.481 e. The van der Waals surface area contributed by atoms with Gasteiger partial charge in [-0.15, -0.1) is 0 Å². The van der Waals surface area contributed by atoms with E-state index in [-0.39, 0.29) is 5.75 Å². The number of methoxy groups -OCH3 is 2. The first-order valence-electron chi connectivity index (χ1n) is 22.2. The van der Waals surface area contributed by atoms with E-state index in [0.29, 0.717) is 67.2 Å². The van der Waals surface area contributed by atoms with Crippen molar-refractivity contribution in [3.8, 4) is 40.0 Å². The quantitative estimate of drug-likeness (QED) is 0.0702. The predicted molar refractivity (Wildman–Crippen MR) is 271 cm³/mol. The SMILES string of the molecule is CCn1cc(Cc2ccc(OC)nc2-c2ccc(F)cc2[C@@H](C)O)cn1.CCn1cc(Cc2ccc(OC)nc2-c2ccc(F)cc2[C@@H](C)Oc2cc(Br)cnc2[N+](=O)[O-])cn1.O=[N+]([O-])c1ncc(Br)cc1F. The van der Waals surface area contributed by atoms with Crippen LogP contribution in [0.1, 0.15) is 73.3 Å². The molecule has 0 unspecified atom stereocenters. The monoisotopic (exact) mass is 1130 g/mol. The molecule has 380 valence electrons. The fourth-order valence-corrected chi connectivity index (χ4v) is 7.93. The summed E-state index contributed by atoms with van der Waals surface area (Å²) >= 11 is 6.18. The number of ether oxygens (including phenoxy) is 3. The molecule has 0 saturated heterocycles. The molecule has 1 N–H and O–H groups in total. The van der Waals surface area contributed by atoms with E-state index in [1.165, 1.54) is 49.8 Å². The molecule has 0 spiro atoms. The van der Waals surface area contributed by atoms with Crippen LogP contribution in [-0.2, 0) is 25.9 Å². The summed E-state index contributed by atoms with van der Waals surface area (Å²) in [4.78, 5) is 36.3. The molecule has 0 bridgehead atoms. The molecule has 0 amide bonds. The van der Waals surface area contributed by atoms with Crippen molar-refractivity contribution in [2.24, 2.45) is 0 Å². The van der Waals surface area contributed by atoms with Gasteiger partial charge in [0.15, 0.2) is 12.4 Å². The Morgan fingerprint density at radius 1 is 0.658 bits per heavy atom. The van der Waals surface area contributed by atoms with Crippen LogP contribution in [-0.4, -0.2) is 68.7 Å². The number of halogens is 5. The third kappa shape index (κ3) is 14.3. The molecule has 8 rings (SSSR count). The minimum absolute atomic E-state index is 0.0390. The number of hydrogen-bond donors (Lipinski definition) is 1. The molecular formula is C50H47Br2F3N10O8. The highest BCUT2D eigenvalue weighted by molar-refractivity contribution is 9.10. The lowest BCUT2D eigenvalue weighted by Crippen LogP contribution is -2.09. The molecule has 0 aliphatic carbocycles. The second-order valence-electron chi connectivity index (χ2n) is 15.8. The Labute approximate surface area is 433 Å². The van der Waals surface area contributed by atoms with E-state index in [9.17, 15) is 38.5 Å². The minimum atomic E-state index is -0.940. The Bertz CT molecular complexity index is 3230. The topological polar surface area (TPSA) is 221 Å². The summed E-state index contributed by atoms with van der Waals surface area (Å²) < 4.78 is 61.8. The molecule has 6 aromatic heterocycles. The normalized spacial score (nSPS) is 11.6. The average Bonchev–Trinajstić information content (AvgIpc) is 4.03. The highest BCUT2D eigenvalue weighted by Gasteiger charge is 2.25. The average molecular weight is 1130 g/mol. The summed E-state index contributed by atoms with van der Waals surface area (Å²) in [6.45, 7) is 8.90. The van der Waals surface area contributed by atoms with Crippen molar-refractivity contribution >= 4 is 43.5 Å². The summed E-state index contributed by atoms with van der Waals surface area (Å²) in [5.41, 5.74) is 7.41. The number of nitro groups is 2. The van der Waals surface area contributed by atoms with Crippen LogP contribution in [0.3, 0.4) is 0 Å². The van der Waals surface area contributed by atoms with Gasteiger partial charge in [0.2, 0.25) is 23.3 Å². The maximum Gasteiger partial charge on any atom is 0.406 e. The maximum absolute atomic E-state index is 14.4. The second-order valence-corrected chi connectivity index (χ2v) is 17.7. The smallest absolute Gasteiger partial charge is 0.406 e. The van der Waals surface area contributed by atoms with E-state index < -0.39 is 51.1 Å². The molecule has 18 nitrogen and oxygen atoms in total. The summed E-state index contributed by atoms with van der Waals surface area (Å²) in [5, 5.41) is 40.2. The van der Waals surface area contributed by atoms with Crippen molar-refractivity contribution in [3.63, 3.8) is 0 Å². The van der Waals surface area contributed by atoms with E-state index in [1.807, 2.05) is 53.9 Å². The van der Waals surface area contributed by atoms with Crippen molar-refractivity contribution in [1.29, 1.82) is 0 Å². The lowest BCUT2D eigenvalue weighted by Gasteiger charge is -2.20. The first kappa shape index (κ1) is 54.7. The van der Waals surface area contributed by atoms with E-state index in [0.717, 1.165) is 41.4 Å². The van der Waals surface area contributed by atoms with E-state index >= 15 is 0 Å². The first-order valence-corrected chi connectivity index (χ1v) is 23.8. The van der Waals surface area contributed by atoms with Crippen molar-refractivity contribution in [3.05, 3.63) is 190 Å². The van der Waals surface area contributed by atoms with Crippen molar-refractivity contribution in [2.45, 2.75) is 65.8 Å². The van der Waals surface area contributed by atoms with Crippen LogP contribution in [0.5, 0.6) is 17.5 Å². The number of aryl methyl sites for hydroxylation is 2. The number of nitrogens with zero attached hydrogens (tertiary/aromatic N) is 10. The zero-order chi connectivity index (χ0) is 52.9. The van der Waals surface area contributed by atoms with Crippen molar-refractivity contribution in [1.82, 2.24) is 39.5 Å². The molecule has 0 aliphatic heterocycles. The summed E-state index contributed by atoms with van der Waals surface area (Å²) in [5.74, 6) is -2.17. The van der Waals surface area contributed by atoms with Gasteiger partial charge in [0, 0.05) is 79.3 Å². The van der Waals surface area contributed by atoms with Crippen molar-refractivity contribution < 1.29 is 42.3 Å². The van der Waals surface area contributed by atoms with E-state index in [4.69, 9.17) is 14.2 Å². The van der Waals surface area contributed by atoms with Crippen LogP contribution in [0.15, 0.2) is 119 Å². The summed E-state index contributed by atoms with van der Waals surface area (Å²) in [6.07, 6.45) is 9.66. The Morgan fingerprint density at radius 3 is 1.56 bits per heavy atom. The lowest BCUT2D eigenvalue weighted by atomic mass is 9.95. The number of pyridine rings is 4. The second kappa shape index (κ2) is 25.2. The highest BCUT2D eigenvalue weighted by atomic mass is 79.9. The number of hydrogen-bond acceptors (Lipinski definition) is 14. The third-order valence-corrected chi connectivity index (χ3v) is 11.7. The van der Waals surface area contributed by atoms with Gasteiger partial charge in [0.25, 0.3) is 0 Å².